The number of hydrogen-bond donors (Lipinski definition) is 2. The van der Waals surface area contributed by atoms with Gasteiger partial charge in [0.25, 0.3) is 0 Å². The Morgan fingerprint density at radius 2 is 1.85 bits per heavy atom. The number of halogens is 1. The second-order valence-electron chi connectivity index (χ2n) is 7.63. The van der Waals surface area contributed by atoms with Gasteiger partial charge in [0.05, 0.1) is 35.9 Å². The van der Waals surface area contributed by atoms with Crippen LogP contribution in [0.5, 0.6) is 0 Å². The van der Waals surface area contributed by atoms with E-state index >= 15 is 0 Å². The van der Waals surface area contributed by atoms with Crippen LogP contribution in [-0.4, -0.2) is 29.4 Å². The Hall–Kier alpha value is -4.17. The number of pyridine rings is 2. The highest BCUT2D eigenvalue weighted by molar-refractivity contribution is 5.80. The van der Waals surface area contributed by atoms with E-state index in [2.05, 4.69) is 15.3 Å². The zero-order valence-corrected chi connectivity index (χ0v) is 17.9. The standard InChI is InChI=1S/C25H21FN6O/c1-16-3-2-4-20(29-16)14-28-25-27-11-9-21(30-25)24-23(18-5-7-19(26)8-6-18)31-22-13-17(15-33)10-12-32(22)24/h2-13,33H,14-15H2,1H3,(H,27,28,30). The highest BCUT2D eigenvalue weighted by Crippen LogP contribution is 2.32. The first-order chi connectivity index (χ1) is 16.1. The monoisotopic (exact) mass is 440 g/mol. The number of hydrogen-bond acceptors (Lipinski definition) is 6. The fraction of sp³-hybridized carbons (Fsp3) is 0.120. The van der Waals surface area contributed by atoms with Gasteiger partial charge < -0.3 is 10.4 Å². The number of fused-ring (bicyclic) bond motifs is 1. The molecule has 5 aromatic rings. The SMILES string of the molecule is Cc1cccc(CNc2nccc(-c3c(-c4ccc(F)cc4)nc4cc(CO)ccn34)n2)n1. The van der Waals surface area contributed by atoms with Crippen molar-refractivity contribution in [2.24, 2.45) is 0 Å². The summed E-state index contributed by atoms with van der Waals surface area (Å²) in [5.74, 6) is 0.146. The van der Waals surface area contributed by atoms with Gasteiger partial charge in [-0.25, -0.2) is 19.3 Å². The first kappa shape index (κ1) is 20.7. The minimum Gasteiger partial charge on any atom is -0.392 e. The van der Waals surface area contributed by atoms with Crippen LogP contribution < -0.4 is 5.32 Å². The molecule has 0 radical (unpaired) electrons. The van der Waals surface area contributed by atoms with Gasteiger partial charge in [-0.15, -0.1) is 0 Å². The molecule has 0 atom stereocenters. The third-order valence-electron chi connectivity index (χ3n) is 5.26. The van der Waals surface area contributed by atoms with Crippen molar-refractivity contribution in [3.63, 3.8) is 0 Å². The lowest BCUT2D eigenvalue weighted by Gasteiger charge is -2.09. The zero-order chi connectivity index (χ0) is 22.8. The van der Waals surface area contributed by atoms with Crippen molar-refractivity contribution in [3.8, 4) is 22.6 Å². The van der Waals surface area contributed by atoms with Crippen LogP contribution in [0.2, 0.25) is 0 Å². The van der Waals surface area contributed by atoms with E-state index in [9.17, 15) is 9.50 Å². The number of imidazole rings is 1. The average molecular weight is 440 g/mol. The van der Waals surface area contributed by atoms with E-state index < -0.39 is 0 Å². The molecule has 0 aliphatic heterocycles. The van der Waals surface area contributed by atoms with E-state index in [0.717, 1.165) is 28.2 Å². The van der Waals surface area contributed by atoms with Crippen molar-refractivity contribution in [2.45, 2.75) is 20.1 Å². The van der Waals surface area contributed by atoms with Gasteiger partial charge in [0.15, 0.2) is 0 Å². The van der Waals surface area contributed by atoms with Gasteiger partial charge in [0, 0.05) is 23.7 Å². The fourth-order valence-corrected chi connectivity index (χ4v) is 3.68. The summed E-state index contributed by atoms with van der Waals surface area (Å²) in [6, 6.07) is 17.5. The number of benzene rings is 1. The van der Waals surface area contributed by atoms with Gasteiger partial charge in [0.2, 0.25) is 5.95 Å². The van der Waals surface area contributed by atoms with Gasteiger partial charge in [0.1, 0.15) is 11.5 Å². The maximum atomic E-state index is 13.5. The van der Waals surface area contributed by atoms with Crippen LogP contribution in [0.1, 0.15) is 17.0 Å². The number of aliphatic hydroxyl groups is 1. The topological polar surface area (TPSA) is 88.2 Å². The lowest BCUT2D eigenvalue weighted by atomic mass is 10.1. The Bertz CT molecular complexity index is 1430. The third kappa shape index (κ3) is 4.28. The largest absolute Gasteiger partial charge is 0.392 e. The van der Waals surface area contributed by atoms with Crippen molar-refractivity contribution in [2.75, 3.05) is 5.32 Å². The Morgan fingerprint density at radius 1 is 1.00 bits per heavy atom. The predicted octanol–water partition coefficient (Wildman–Crippen LogP) is 4.41. The third-order valence-corrected chi connectivity index (χ3v) is 5.26. The van der Waals surface area contributed by atoms with Gasteiger partial charge in [-0.3, -0.25) is 9.38 Å². The molecule has 0 saturated heterocycles. The lowest BCUT2D eigenvalue weighted by Crippen LogP contribution is -2.06. The molecule has 33 heavy (non-hydrogen) atoms. The number of nitrogens with zero attached hydrogens (tertiary/aromatic N) is 5. The molecule has 164 valence electrons. The van der Waals surface area contributed by atoms with Crippen molar-refractivity contribution < 1.29 is 9.50 Å². The molecular formula is C25H21FN6O. The number of rotatable bonds is 6. The number of anilines is 1. The summed E-state index contributed by atoms with van der Waals surface area (Å²) in [6.45, 7) is 2.35. The van der Waals surface area contributed by atoms with Crippen LogP contribution in [0.25, 0.3) is 28.3 Å². The molecule has 0 saturated carbocycles. The van der Waals surface area contributed by atoms with Crippen LogP contribution in [0, 0.1) is 12.7 Å². The summed E-state index contributed by atoms with van der Waals surface area (Å²) in [4.78, 5) is 18.3. The lowest BCUT2D eigenvalue weighted by molar-refractivity contribution is 0.282. The molecule has 0 aliphatic carbocycles. The molecule has 7 nitrogen and oxygen atoms in total. The molecule has 4 aromatic heterocycles. The van der Waals surface area contributed by atoms with E-state index in [1.807, 2.05) is 53.9 Å². The van der Waals surface area contributed by atoms with E-state index in [-0.39, 0.29) is 12.4 Å². The van der Waals surface area contributed by atoms with Gasteiger partial charge >= 0.3 is 0 Å². The summed E-state index contributed by atoms with van der Waals surface area (Å²) >= 11 is 0. The maximum Gasteiger partial charge on any atom is 0.223 e. The van der Waals surface area contributed by atoms with Gasteiger partial charge in [-0.05, 0) is 67.1 Å². The van der Waals surface area contributed by atoms with Crippen LogP contribution in [0.4, 0.5) is 10.3 Å². The van der Waals surface area contributed by atoms with E-state index in [1.165, 1.54) is 12.1 Å². The first-order valence-electron chi connectivity index (χ1n) is 10.5. The zero-order valence-electron chi connectivity index (χ0n) is 17.9. The molecule has 5 rings (SSSR count). The summed E-state index contributed by atoms with van der Waals surface area (Å²) in [5, 5.41) is 12.8. The minimum atomic E-state index is -0.315. The van der Waals surface area contributed by atoms with E-state index in [1.54, 1.807) is 18.3 Å². The Labute approximate surface area is 189 Å². The molecule has 0 fully saturated rings. The molecule has 8 heteroatoms. The van der Waals surface area contributed by atoms with Gasteiger partial charge in [-0.1, -0.05) is 6.07 Å². The Balaban J connectivity index is 1.57. The molecule has 0 amide bonds. The summed E-state index contributed by atoms with van der Waals surface area (Å²) in [5.41, 5.74) is 6.08. The van der Waals surface area contributed by atoms with Crippen molar-refractivity contribution >= 4 is 11.6 Å². The van der Waals surface area contributed by atoms with Crippen LogP contribution in [0.3, 0.4) is 0 Å². The number of aliphatic hydroxyl groups excluding tert-OH is 1. The molecule has 0 bridgehead atoms. The van der Waals surface area contributed by atoms with Crippen molar-refractivity contribution in [1.29, 1.82) is 0 Å². The number of aryl methyl sites for hydroxylation is 1. The number of nitrogens with one attached hydrogen (secondary N) is 1. The highest BCUT2D eigenvalue weighted by Gasteiger charge is 2.18. The molecule has 2 N–H and O–H groups in total. The quantitative estimate of drug-likeness (QED) is 0.407. The van der Waals surface area contributed by atoms with E-state index in [0.29, 0.717) is 29.5 Å². The van der Waals surface area contributed by atoms with Crippen molar-refractivity contribution in [3.05, 3.63) is 95.8 Å². The number of aromatic nitrogens is 5. The fourth-order valence-electron chi connectivity index (χ4n) is 3.68. The second kappa shape index (κ2) is 8.76. The molecule has 0 aliphatic rings. The van der Waals surface area contributed by atoms with Crippen LogP contribution in [-0.2, 0) is 13.2 Å². The molecule has 0 unspecified atom stereocenters. The maximum absolute atomic E-state index is 13.5. The Morgan fingerprint density at radius 3 is 2.64 bits per heavy atom. The molecule has 1 aromatic carbocycles. The predicted molar refractivity (Wildman–Crippen MR) is 124 cm³/mol. The smallest absolute Gasteiger partial charge is 0.223 e. The summed E-state index contributed by atoms with van der Waals surface area (Å²) in [6.07, 6.45) is 3.53. The highest BCUT2D eigenvalue weighted by atomic mass is 19.1. The van der Waals surface area contributed by atoms with Gasteiger partial charge in [-0.2, -0.15) is 0 Å². The average Bonchev–Trinajstić information content (AvgIpc) is 3.22. The molecule has 4 heterocycles. The minimum absolute atomic E-state index is 0.0842. The van der Waals surface area contributed by atoms with E-state index in [4.69, 9.17) is 9.97 Å². The summed E-state index contributed by atoms with van der Waals surface area (Å²) < 4.78 is 15.5. The second-order valence-corrected chi connectivity index (χ2v) is 7.63. The molecule has 0 spiro atoms. The van der Waals surface area contributed by atoms with Crippen LogP contribution >= 0.6 is 0 Å². The van der Waals surface area contributed by atoms with Crippen LogP contribution in [0.15, 0.2) is 73.1 Å². The molecular weight excluding hydrogens is 419 g/mol. The Kier molecular flexibility index (Phi) is 5.50. The first-order valence-corrected chi connectivity index (χ1v) is 10.5. The normalized spacial score (nSPS) is 11.1. The summed E-state index contributed by atoms with van der Waals surface area (Å²) in [7, 11) is 0. The van der Waals surface area contributed by atoms with Crippen molar-refractivity contribution in [1.82, 2.24) is 24.3 Å².